The zero-order valence-electron chi connectivity index (χ0n) is 21.1. The van der Waals surface area contributed by atoms with Crippen LogP contribution in [0.3, 0.4) is 0 Å². The Labute approximate surface area is 195 Å². The predicted molar refractivity (Wildman–Crippen MR) is 125 cm³/mol. The molecule has 5 heteroatoms. The molecule has 5 nitrogen and oxygen atoms in total. The van der Waals surface area contributed by atoms with Crippen molar-refractivity contribution < 1.29 is 25.1 Å². The Morgan fingerprint density at radius 3 is 2.41 bits per heavy atom. The highest BCUT2D eigenvalue weighted by Crippen LogP contribution is 2.67. The van der Waals surface area contributed by atoms with Crippen molar-refractivity contribution in [1.29, 1.82) is 0 Å². The van der Waals surface area contributed by atoms with Gasteiger partial charge in [-0.15, -0.1) is 0 Å². The zero-order valence-corrected chi connectivity index (χ0v) is 21.1. The van der Waals surface area contributed by atoms with E-state index in [2.05, 4.69) is 34.6 Å². The molecule has 0 aromatic carbocycles. The van der Waals surface area contributed by atoms with E-state index in [1.54, 1.807) is 0 Å². The van der Waals surface area contributed by atoms with Crippen LogP contribution in [-0.2, 0) is 9.62 Å². The van der Waals surface area contributed by atoms with Crippen LogP contribution in [0.25, 0.3) is 0 Å². The molecule has 2 unspecified atom stereocenters. The van der Waals surface area contributed by atoms with Gasteiger partial charge in [-0.05, 0) is 79.4 Å². The van der Waals surface area contributed by atoms with E-state index in [1.807, 2.05) is 0 Å². The molecule has 0 radical (unpaired) electrons. The topological polar surface area (TPSA) is 79.2 Å². The van der Waals surface area contributed by atoms with E-state index in [4.69, 9.17) is 9.62 Å². The van der Waals surface area contributed by atoms with Gasteiger partial charge in [0, 0.05) is 11.8 Å². The molecule has 0 aromatic rings. The van der Waals surface area contributed by atoms with Gasteiger partial charge < -0.3 is 14.9 Å². The lowest BCUT2D eigenvalue weighted by Crippen LogP contribution is -2.60. The first-order valence-electron chi connectivity index (χ1n) is 13.4. The molecular weight excluding hydrogens is 404 g/mol. The second-order valence-electron chi connectivity index (χ2n) is 12.9. The number of fused-ring (bicyclic) bond motifs is 5. The Hall–Kier alpha value is -0.200. The van der Waals surface area contributed by atoms with Gasteiger partial charge in [0.05, 0.1) is 18.8 Å². The van der Waals surface area contributed by atoms with Crippen LogP contribution in [0, 0.1) is 46.3 Å². The lowest BCUT2D eigenvalue weighted by molar-refractivity contribution is -0.453. The summed E-state index contributed by atoms with van der Waals surface area (Å²) in [6.45, 7) is 11.9. The van der Waals surface area contributed by atoms with Gasteiger partial charge in [0.1, 0.15) is 0 Å². The monoisotopic (exact) mass is 452 g/mol. The first-order chi connectivity index (χ1) is 15.1. The van der Waals surface area contributed by atoms with Crippen molar-refractivity contribution in [3.63, 3.8) is 0 Å². The maximum atomic E-state index is 11.4. The lowest BCUT2D eigenvalue weighted by atomic mass is 9.48. The third kappa shape index (κ3) is 3.88. The van der Waals surface area contributed by atoms with E-state index in [1.165, 1.54) is 38.5 Å². The largest absolute Gasteiger partial charge is 0.393 e. The minimum Gasteiger partial charge on any atom is -0.393 e. The SMILES string of the molecule is CC(C)CCC[C@@H](C)[C@H]1CC[C@H]2[C@@H]3C(O)COC4(OO)C[C@@H](O)CC[C@]4(C)[C@H]3CC[C@]12C. The molecule has 0 aromatic heterocycles. The van der Waals surface area contributed by atoms with Gasteiger partial charge in [0.15, 0.2) is 0 Å². The highest BCUT2D eigenvalue weighted by molar-refractivity contribution is 5.12. The van der Waals surface area contributed by atoms with E-state index in [9.17, 15) is 15.5 Å². The van der Waals surface area contributed by atoms with Crippen LogP contribution < -0.4 is 0 Å². The standard InChI is InChI=1S/C27H48O5/c1-17(2)7-6-8-18(3)20-9-10-21-24-22(12-13-25(20,21)4)26(5)14-11-19(28)15-27(26,32-30)31-16-23(24)29/h17-24,28-30H,6-16H2,1-5H3/t18-,19+,20-,21+,22+,23?,24+,25-,26-,27?/m1/s1. The highest BCUT2D eigenvalue weighted by atomic mass is 17.1. The van der Waals surface area contributed by atoms with Gasteiger partial charge >= 0.3 is 0 Å². The van der Waals surface area contributed by atoms with Crippen molar-refractivity contribution in [2.24, 2.45) is 46.3 Å². The molecule has 4 rings (SSSR count). The second kappa shape index (κ2) is 9.11. The molecule has 3 aliphatic carbocycles. The van der Waals surface area contributed by atoms with E-state index in [-0.39, 0.29) is 30.3 Å². The van der Waals surface area contributed by atoms with Crippen molar-refractivity contribution in [3.8, 4) is 0 Å². The number of aliphatic hydroxyl groups is 2. The molecule has 0 bridgehead atoms. The Kier molecular flexibility index (Phi) is 7.09. The van der Waals surface area contributed by atoms with Crippen molar-refractivity contribution >= 4 is 0 Å². The van der Waals surface area contributed by atoms with Crippen molar-refractivity contribution in [2.75, 3.05) is 6.61 Å². The van der Waals surface area contributed by atoms with Gasteiger partial charge in [-0.3, -0.25) is 0 Å². The smallest absolute Gasteiger partial charge is 0.209 e. The summed E-state index contributed by atoms with van der Waals surface area (Å²) in [4.78, 5) is 5.10. The number of hydrogen-bond donors (Lipinski definition) is 3. The number of ether oxygens (including phenoxy) is 1. The highest BCUT2D eigenvalue weighted by Gasteiger charge is 2.67. The summed E-state index contributed by atoms with van der Waals surface area (Å²) in [6.07, 6.45) is 9.21. The molecule has 1 saturated heterocycles. The van der Waals surface area contributed by atoms with Crippen LogP contribution in [0.4, 0.5) is 0 Å². The van der Waals surface area contributed by atoms with Gasteiger partial charge in [-0.1, -0.05) is 53.9 Å². The molecule has 3 saturated carbocycles. The molecule has 0 amide bonds. The molecule has 0 spiro atoms. The number of aliphatic hydroxyl groups excluding tert-OH is 2. The van der Waals surface area contributed by atoms with Crippen LogP contribution in [0.1, 0.15) is 98.8 Å². The van der Waals surface area contributed by atoms with Gasteiger partial charge in [-0.2, -0.15) is 0 Å². The lowest BCUT2D eigenvalue weighted by Gasteiger charge is -2.58. The summed E-state index contributed by atoms with van der Waals surface area (Å²) >= 11 is 0. The second-order valence-corrected chi connectivity index (χ2v) is 12.9. The molecule has 1 aliphatic heterocycles. The van der Waals surface area contributed by atoms with Crippen molar-refractivity contribution in [1.82, 2.24) is 0 Å². The minimum absolute atomic E-state index is 0.166. The summed E-state index contributed by atoms with van der Waals surface area (Å²) in [7, 11) is 0. The van der Waals surface area contributed by atoms with E-state index in [0.717, 1.165) is 30.6 Å². The summed E-state index contributed by atoms with van der Waals surface area (Å²) in [5, 5.41) is 31.8. The third-order valence-electron chi connectivity index (χ3n) is 10.8. The van der Waals surface area contributed by atoms with Gasteiger partial charge in [-0.25, -0.2) is 10.1 Å². The van der Waals surface area contributed by atoms with Crippen molar-refractivity contribution in [2.45, 2.75) is 117 Å². The third-order valence-corrected chi connectivity index (χ3v) is 10.8. The first kappa shape index (κ1) is 24.9. The Bertz CT molecular complexity index is 654. The normalized spacial score (nSPS) is 49.8. The zero-order chi connectivity index (χ0) is 23.3. The van der Waals surface area contributed by atoms with Crippen LogP contribution in [0.15, 0.2) is 0 Å². The van der Waals surface area contributed by atoms with E-state index >= 15 is 0 Å². The fourth-order valence-corrected chi connectivity index (χ4v) is 8.99. The molecule has 4 aliphatic rings. The Morgan fingerprint density at radius 2 is 1.72 bits per heavy atom. The fourth-order valence-electron chi connectivity index (χ4n) is 8.99. The number of hydrogen-bond acceptors (Lipinski definition) is 5. The molecule has 1 heterocycles. The first-order valence-corrected chi connectivity index (χ1v) is 13.4. The van der Waals surface area contributed by atoms with Crippen LogP contribution in [0.2, 0.25) is 0 Å². The molecule has 32 heavy (non-hydrogen) atoms. The average Bonchev–Trinajstić information content (AvgIpc) is 3.06. The quantitative estimate of drug-likeness (QED) is 0.359. The average molecular weight is 453 g/mol. The summed E-state index contributed by atoms with van der Waals surface area (Å²) in [5.41, 5.74) is -0.150. The minimum atomic E-state index is -1.22. The van der Waals surface area contributed by atoms with E-state index in [0.29, 0.717) is 12.3 Å². The van der Waals surface area contributed by atoms with Crippen LogP contribution >= 0.6 is 0 Å². The van der Waals surface area contributed by atoms with E-state index < -0.39 is 23.4 Å². The number of rotatable bonds is 6. The summed E-state index contributed by atoms with van der Waals surface area (Å²) in [5.74, 6) is 1.87. The predicted octanol–water partition coefficient (Wildman–Crippen LogP) is 5.64. The maximum Gasteiger partial charge on any atom is 0.209 e. The fraction of sp³-hybridized carbons (Fsp3) is 1.00. The molecule has 4 fully saturated rings. The molecule has 10 atom stereocenters. The molecular formula is C27H48O5. The van der Waals surface area contributed by atoms with Crippen LogP contribution in [-0.4, -0.2) is 40.1 Å². The van der Waals surface area contributed by atoms with Gasteiger partial charge in [0.25, 0.3) is 0 Å². The molecule has 186 valence electrons. The van der Waals surface area contributed by atoms with Gasteiger partial charge in [0.2, 0.25) is 5.79 Å². The maximum absolute atomic E-state index is 11.4. The molecule has 3 N–H and O–H groups in total. The Morgan fingerprint density at radius 1 is 0.969 bits per heavy atom. The Balaban J connectivity index is 1.59. The van der Waals surface area contributed by atoms with Crippen LogP contribution in [0.5, 0.6) is 0 Å². The van der Waals surface area contributed by atoms with Crippen molar-refractivity contribution in [3.05, 3.63) is 0 Å². The summed E-state index contributed by atoms with van der Waals surface area (Å²) < 4.78 is 6.17. The summed E-state index contributed by atoms with van der Waals surface area (Å²) in [6, 6.07) is 0.